The van der Waals surface area contributed by atoms with E-state index < -0.39 is 6.10 Å². The highest BCUT2D eigenvalue weighted by molar-refractivity contribution is 9.10. The molecule has 1 N–H and O–H groups in total. The van der Waals surface area contributed by atoms with Crippen molar-refractivity contribution in [3.8, 4) is 5.75 Å². The zero-order valence-electron chi connectivity index (χ0n) is 11.7. The molecule has 0 fully saturated rings. The zero-order chi connectivity index (χ0) is 14.5. The van der Waals surface area contributed by atoms with Crippen LogP contribution < -0.4 is 4.74 Å². The number of aliphatic hydroxyl groups is 1. The van der Waals surface area contributed by atoms with E-state index in [1.807, 2.05) is 28.9 Å². The molecule has 0 aliphatic carbocycles. The lowest BCUT2D eigenvalue weighted by Gasteiger charge is -2.15. The minimum Gasteiger partial charge on any atom is -0.496 e. The van der Waals surface area contributed by atoms with Crippen molar-refractivity contribution in [1.29, 1.82) is 0 Å². The molecule has 4 nitrogen and oxygen atoms in total. The molecular formula is C15H19BrN2O2. The summed E-state index contributed by atoms with van der Waals surface area (Å²) in [5.41, 5.74) is 1.80. The predicted molar refractivity (Wildman–Crippen MR) is 81.9 cm³/mol. The highest BCUT2D eigenvalue weighted by Crippen LogP contribution is 2.29. The highest BCUT2D eigenvalue weighted by atomic mass is 79.9. The molecule has 1 atom stereocenters. The van der Waals surface area contributed by atoms with Crippen molar-refractivity contribution >= 4 is 15.9 Å². The largest absolute Gasteiger partial charge is 0.496 e. The van der Waals surface area contributed by atoms with E-state index in [2.05, 4.69) is 28.0 Å². The average Bonchev–Trinajstić information content (AvgIpc) is 2.81. The first-order chi connectivity index (χ1) is 9.67. The first kappa shape index (κ1) is 15.1. The van der Waals surface area contributed by atoms with Crippen LogP contribution in [-0.4, -0.2) is 22.0 Å². The van der Waals surface area contributed by atoms with Gasteiger partial charge in [-0.1, -0.05) is 25.1 Å². The molecule has 1 unspecified atom stereocenters. The number of benzene rings is 1. The van der Waals surface area contributed by atoms with Crippen LogP contribution in [0.2, 0.25) is 0 Å². The molecule has 1 aromatic carbocycles. The Morgan fingerprint density at radius 2 is 2.15 bits per heavy atom. The van der Waals surface area contributed by atoms with Crippen molar-refractivity contribution in [2.24, 2.45) is 0 Å². The Morgan fingerprint density at radius 3 is 2.85 bits per heavy atom. The van der Waals surface area contributed by atoms with Gasteiger partial charge in [0, 0.05) is 13.0 Å². The van der Waals surface area contributed by atoms with Gasteiger partial charge in [-0.15, -0.1) is 0 Å². The summed E-state index contributed by atoms with van der Waals surface area (Å²) in [7, 11) is 1.64. The summed E-state index contributed by atoms with van der Waals surface area (Å²) in [6.07, 6.45) is 2.59. The molecule has 2 aromatic rings. The van der Waals surface area contributed by atoms with Gasteiger partial charge in [-0.25, -0.2) is 0 Å². The lowest BCUT2D eigenvalue weighted by molar-refractivity contribution is 0.164. The second-order valence-electron chi connectivity index (χ2n) is 4.63. The molecule has 20 heavy (non-hydrogen) atoms. The molecule has 1 aromatic heterocycles. The summed E-state index contributed by atoms with van der Waals surface area (Å²) < 4.78 is 8.02. The average molecular weight is 339 g/mol. The summed E-state index contributed by atoms with van der Waals surface area (Å²) in [6, 6.07) is 7.74. The number of aliphatic hydroxyl groups excluding tert-OH is 1. The van der Waals surface area contributed by atoms with Crippen molar-refractivity contribution in [2.75, 3.05) is 7.11 Å². The van der Waals surface area contributed by atoms with E-state index in [1.165, 1.54) is 0 Å². The number of aryl methyl sites for hydroxylation is 1. The summed E-state index contributed by atoms with van der Waals surface area (Å²) in [5.74, 6) is 0.796. The van der Waals surface area contributed by atoms with Crippen LogP contribution in [0.3, 0.4) is 0 Å². The van der Waals surface area contributed by atoms with Crippen LogP contribution in [0.15, 0.2) is 34.9 Å². The van der Waals surface area contributed by atoms with Gasteiger partial charge in [0.2, 0.25) is 0 Å². The van der Waals surface area contributed by atoms with Gasteiger partial charge in [-0.2, -0.15) is 5.10 Å². The van der Waals surface area contributed by atoms with E-state index in [0.717, 1.165) is 34.4 Å². The van der Waals surface area contributed by atoms with Crippen molar-refractivity contribution < 1.29 is 9.84 Å². The number of hydrogen-bond donors (Lipinski definition) is 1. The summed E-state index contributed by atoms with van der Waals surface area (Å²) >= 11 is 3.46. The molecule has 0 saturated heterocycles. The molecule has 1 heterocycles. The third kappa shape index (κ3) is 3.22. The summed E-state index contributed by atoms with van der Waals surface area (Å²) in [5, 5.41) is 14.8. The van der Waals surface area contributed by atoms with Gasteiger partial charge in [0.1, 0.15) is 11.9 Å². The number of halogens is 1. The minimum absolute atomic E-state index is 0.498. The minimum atomic E-state index is -0.616. The van der Waals surface area contributed by atoms with Crippen LogP contribution in [-0.2, 0) is 13.0 Å². The molecule has 108 valence electrons. The predicted octanol–water partition coefficient (Wildman–Crippen LogP) is 3.34. The van der Waals surface area contributed by atoms with Crippen LogP contribution in [0.1, 0.15) is 30.7 Å². The van der Waals surface area contributed by atoms with Crippen molar-refractivity contribution in [3.63, 3.8) is 0 Å². The molecular weight excluding hydrogens is 320 g/mol. The molecule has 0 bridgehead atoms. The highest BCUT2D eigenvalue weighted by Gasteiger charge is 2.19. The Hall–Kier alpha value is -1.33. The Labute approximate surface area is 127 Å². The Bertz CT molecular complexity index is 569. The van der Waals surface area contributed by atoms with Crippen LogP contribution in [0.4, 0.5) is 0 Å². The monoisotopic (exact) mass is 338 g/mol. The van der Waals surface area contributed by atoms with Gasteiger partial charge in [0.25, 0.3) is 0 Å². The topological polar surface area (TPSA) is 47.3 Å². The number of aromatic nitrogens is 2. The fourth-order valence-electron chi connectivity index (χ4n) is 2.27. The van der Waals surface area contributed by atoms with Gasteiger partial charge in [0.15, 0.2) is 0 Å². The summed E-state index contributed by atoms with van der Waals surface area (Å²) in [4.78, 5) is 0. The van der Waals surface area contributed by atoms with Gasteiger partial charge < -0.3 is 9.84 Å². The van der Waals surface area contributed by atoms with Gasteiger partial charge in [-0.3, -0.25) is 4.68 Å². The molecule has 0 aliphatic heterocycles. The Balaban J connectivity index is 2.23. The normalized spacial score (nSPS) is 12.4. The van der Waals surface area contributed by atoms with Gasteiger partial charge in [-0.05, 0) is 34.0 Å². The van der Waals surface area contributed by atoms with E-state index in [4.69, 9.17) is 4.74 Å². The number of ether oxygens (including phenoxy) is 1. The van der Waals surface area contributed by atoms with E-state index in [9.17, 15) is 5.11 Å². The lowest BCUT2D eigenvalue weighted by Crippen LogP contribution is -2.12. The first-order valence-electron chi connectivity index (χ1n) is 6.68. The van der Waals surface area contributed by atoms with Crippen LogP contribution in [0.25, 0.3) is 0 Å². The number of methoxy groups -OCH3 is 1. The van der Waals surface area contributed by atoms with E-state index in [1.54, 1.807) is 13.3 Å². The van der Waals surface area contributed by atoms with Crippen molar-refractivity contribution in [3.05, 3.63) is 46.2 Å². The second kappa shape index (κ2) is 6.90. The summed E-state index contributed by atoms with van der Waals surface area (Å²) in [6.45, 7) is 2.88. The van der Waals surface area contributed by atoms with Gasteiger partial charge >= 0.3 is 0 Å². The molecule has 2 rings (SSSR count). The molecule has 0 amide bonds. The maximum atomic E-state index is 10.5. The molecule has 0 aliphatic rings. The maximum absolute atomic E-state index is 10.5. The van der Waals surface area contributed by atoms with Gasteiger partial charge in [0.05, 0.1) is 23.5 Å². The first-order valence-corrected chi connectivity index (χ1v) is 7.47. The zero-order valence-corrected chi connectivity index (χ0v) is 13.3. The molecule has 0 saturated carbocycles. The standard InChI is InChI=1S/C15H19BrN2O2/c1-3-8-18-15(12(16)10-17-18)13(19)9-11-6-4-5-7-14(11)20-2/h4-7,10,13,19H,3,8-9H2,1-2H3. The SMILES string of the molecule is CCCn1ncc(Br)c1C(O)Cc1ccccc1OC. The third-order valence-corrected chi connectivity index (χ3v) is 3.80. The Kier molecular flexibility index (Phi) is 5.20. The maximum Gasteiger partial charge on any atom is 0.122 e. The smallest absolute Gasteiger partial charge is 0.122 e. The Morgan fingerprint density at radius 1 is 1.40 bits per heavy atom. The molecule has 5 heteroatoms. The number of hydrogen-bond acceptors (Lipinski definition) is 3. The van der Waals surface area contributed by atoms with Crippen LogP contribution >= 0.6 is 15.9 Å². The third-order valence-electron chi connectivity index (χ3n) is 3.19. The fourth-order valence-corrected chi connectivity index (χ4v) is 2.83. The molecule has 0 spiro atoms. The van der Waals surface area contributed by atoms with Crippen molar-refractivity contribution in [1.82, 2.24) is 9.78 Å². The molecule has 0 radical (unpaired) electrons. The fraction of sp³-hybridized carbons (Fsp3) is 0.400. The second-order valence-corrected chi connectivity index (χ2v) is 5.49. The van der Waals surface area contributed by atoms with E-state index >= 15 is 0 Å². The van der Waals surface area contributed by atoms with E-state index in [0.29, 0.717) is 6.42 Å². The number of nitrogens with zero attached hydrogens (tertiary/aromatic N) is 2. The van der Waals surface area contributed by atoms with Crippen molar-refractivity contribution in [2.45, 2.75) is 32.4 Å². The number of rotatable bonds is 6. The quantitative estimate of drug-likeness (QED) is 0.878. The van der Waals surface area contributed by atoms with Crippen LogP contribution in [0.5, 0.6) is 5.75 Å². The lowest BCUT2D eigenvalue weighted by atomic mass is 10.0. The van der Waals surface area contributed by atoms with E-state index in [-0.39, 0.29) is 0 Å². The van der Waals surface area contributed by atoms with Crippen LogP contribution in [0, 0.1) is 0 Å². The number of para-hydroxylation sites is 1.